The average molecular weight is 292 g/mol. The molecule has 3 heteroatoms. The predicted molar refractivity (Wildman–Crippen MR) is 88.1 cm³/mol. The molecule has 1 aliphatic heterocycles. The third-order valence-electron chi connectivity index (χ3n) is 4.75. The average Bonchev–Trinajstić information content (AvgIpc) is 2.93. The summed E-state index contributed by atoms with van der Waals surface area (Å²) in [5.41, 5.74) is 5.23. The van der Waals surface area contributed by atoms with Crippen molar-refractivity contribution >= 4 is 11.6 Å². The van der Waals surface area contributed by atoms with Crippen molar-refractivity contribution in [3.05, 3.63) is 65.2 Å². The smallest absolute Gasteiger partial charge is 0.224 e. The molecule has 0 fully saturated rings. The Morgan fingerprint density at radius 3 is 2.86 bits per heavy atom. The highest BCUT2D eigenvalue weighted by molar-refractivity contribution is 5.79. The minimum Gasteiger partial charge on any atom is -0.384 e. The molecule has 22 heavy (non-hydrogen) atoms. The van der Waals surface area contributed by atoms with E-state index in [4.69, 9.17) is 0 Å². The van der Waals surface area contributed by atoms with Crippen LogP contribution in [0.1, 0.15) is 29.0 Å². The van der Waals surface area contributed by atoms with Crippen LogP contribution in [0.3, 0.4) is 0 Å². The molecule has 0 bridgehead atoms. The zero-order chi connectivity index (χ0) is 14.9. The third kappa shape index (κ3) is 2.47. The van der Waals surface area contributed by atoms with E-state index in [1.807, 2.05) is 30.3 Å². The highest BCUT2D eigenvalue weighted by Gasteiger charge is 2.32. The van der Waals surface area contributed by atoms with E-state index in [1.54, 1.807) is 0 Å². The third-order valence-corrected chi connectivity index (χ3v) is 4.75. The number of amides is 1. The molecule has 112 valence electrons. The predicted octanol–water partition coefficient (Wildman–Crippen LogP) is 2.87. The van der Waals surface area contributed by atoms with Gasteiger partial charge in [-0.3, -0.25) is 4.79 Å². The Hall–Kier alpha value is -2.29. The summed E-state index contributed by atoms with van der Waals surface area (Å²) in [6.07, 6.45) is 2.45. The molecule has 1 heterocycles. The summed E-state index contributed by atoms with van der Waals surface area (Å²) in [4.78, 5) is 12.3. The molecule has 2 N–H and O–H groups in total. The first kappa shape index (κ1) is 13.4. The van der Waals surface area contributed by atoms with Gasteiger partial charge >= 0.3 is 0 Å². The lowest BCUT2D eigenvalue weighted by atomic mass is 9.81. The van der Waals surface area contributed by atoms with E-state index in [9.17, 15) is 4.79 Å². The summed E-state index contributed by atoms with van der Waals surface area (Å²) in [5.74, 6) is 0.670. The van der Waals surface area contributed by atoms with Gasteiger partial charge in [0.1, 0.15) is 0 Å². The fraction of sp³-hybridized carbons (Fsp3) is 0.316. The van der Waals surface area contributed by atoms with Crippen LogP contribution in [0.15, 0.2) is 48.5 Å². The van der Waals surface area contributed by atoms with Crippen molar-refractivity contribution in [3.63, 3.8) is 0 Å². The van der Waals surface area contributed by atoms with E-state index in [-0.39, 0.29) is 11.9 Å². The van der Waals surface area contributed by atoms with Gasteiger partial charge in [-0.25, -0.2) is 0 Å². The maximum Gasteiger partial charge on any atom is 0.224 e. The normalized spacial score (nSPS) is 21.8. The monoisotopic (exact) mass is 292 g/mol. The molecule has 0 spiro atoms. The van der Waals surface area contributed by atoms with Gasteiger partial charge in [0.05, 0.1) is 6.42 Å². The van der Waals surface area contributed by atoms with Crippen LogP contribution in [0.5, 0.6) is 0 Å². The molecule has 0 saturated carbocycles. The van der Waals surface area contributed by atoms with Crippen molar-refractivity contribution in [1.29, 1.82) is 0 Å². The lowest BCUT2D eigenvalue weighted by Gasteiger charge is -2.29. The van der Waals surface area contributed by atoms with Crippen LogP contribution >= 0.6 is 0 Å². The lowest BCUT2D eigenvalue weighted by molar-refractivity contribution is -0.121. The minimum atomic E-state index is 0.127. The van der Waals surface area contributed by atoms with E-state index in [0.29, 0.717) is 12.3 Å². The van der Waals surface area contributed by atoms with Crippen molar-refractivity contribution in [2.45, 2.75) is 31.2 Å². The molecule has 2 atom stereocenters. The maximum absolute atomic E-state index is 12.3. The Kier molecular flexibility index (Phi) is 3.34. The molecule has 0 saturated heterocycles. The van der Waals surface area contributed by atoms with E-state index >= 15 is 0 Å². The number of nitrogens with one attached hydrogen (secondary N) is 2. The summed E-state index contributed by atoms with van der Waals surface area (Å²) in [5, 5.41) is 6.71. The molecule has 0 unspecified atom stereocenters. The quantitative estimate of drug-likeness (QED) is 0.913. The topological polar surface area (TPSA) is 41.1 Å². The largest absolute Gasteiger partial charge is 0.384 e. The van der Waals surface area contributed by atoms with Gasteiger partial charge < -0.3 is 10.6 Å². The van der Waals surface area contributed by atoms with Crippen molar-refractivity contribution in [3.8, 4) is 0 Å². The summed E-state index contributed by atoms with van der Waals surface area (Å²) in [6, 6.07) is 16.7. The fourth-order valence-electron chi connectivity index (χ4n) is 3.83. The number of hydrogen-bond acceptors (Lipinski definition) is 2. The van der Waals surface area contributed by atoms with Gasteiger partial charge in [-0.05, 0) is 35.6 Å². The van der Waals surface area contributed by atoms with E-state index in [2.05, 4.69) is 28.8 Å². The molecular weight excluding hydrogens is 272 g/mol. The molecule has 1 aliphatic carbocycles. The zero-order valence-electron chi connectivity index (χ0n) is 12.5. The Labute approximate surface area is 130 Å². The van der Waals surface area contributed by atoms with Crippen LogP contribution in [0, 0.1) is 0 Å². The second-order valence-electron chi connectivity index (χ2n) is 6.32. The Morgan fingerprint density at radius 1 is 1.14 bits per heavy atom. The van der Waals surface area contributed by atoms with Crippen LogP contribution in [-0.2, 0) is 17.6 Å². The second kappa shape index (κ2) is 5.48. The van der Waals surface area contributed by atoms with Crippen molar-refractivity contribution in [1.82, 2.24) is 5.32 Å². The van der Waals surface area contributed by atoms with Crippen molar-refractivity contribution in [2.75, 3.05) is 11.9 Å². The van der Waals surface area contributed by atoms with E-state index in [1.165, 1.54) is 16.8 Å². The van der Waals surface area contributed by atoms with Crippen LogP contribution in [0.2, 0.25) is 0 Å². The fourth-order valence-corrected chi connectivity index (χ4v) is 3.83. The van der Waals surface area contributed by atoms with Gasteiger partial charge in [0.25, 0.3) is 0 Å². The molecule has 3 nitrogen and oxygen atoms in total. The number of anilines is 1. The van der Waals surface area contributed by atoms with Crippen molar-refractivity contribution < 1.29 is 4.79 Å². The van der Waals surface area contributed by atoms with Crippen LogP contribution < -0.4 is 10.6 Å². The number of carbonyl (C=O) groups is 1. The molecule has 2 aromatic rings. The Balaban J connectivity index is 1.44. The Morgan fingerprint density at radius 2 is 2.00 bits per heavy atom. The first-order valence-electron chi connectivity index (χ1n) is 7.98. The summed E-state index contributed by atoms with van der Waals surface area (Å²) < 4.78 is 0. The number of hydrogen-bond donors (Lipinski definition) is 2. The highest BCUT2D eigenvalue weighted by atomic mass is 16.1. The van der Waals surface area contributed by atoms with Gasteiger partial charge in [-0.2, -0.15) is 0 Å². The lowest BCUT2D eigenvalue weighted by Crippen LogP contribution is -2.40. The Bertz CT molecular complexity index is 696. The number of benzene rings is 2. The van der Waals surface area contributed by atoms with Gasteiger partial charge in [0, 0.05) is 24.2 Å². The maximum atomic E-state index is 12.3. The first-order valence-corrected chi connectivity index (χ1v) is 7.98. The zero-order valence-corrected chi connectivity index (χ0v) is 12.5. The van der Waals surface area contributed by atoms with Crippen LogP contribution in [-0.4, -0.2) is 18.5 Å². The molecule has 2 aliphatic rings. The first-order chi connectivity index (χ1) is 10.8. The van der Waals surface area contributed by atoms with Gasteiger partial charge in [0.2, 0.25) is 5.91 Å². The van der Waals surface area contributed by atoms with Gasteiger partial charge in [-0.1, -0.05) is 42.5 Å². The van der Waals surface area contributed by atoms with Gasteiger partial charge in [0.15, 0.2) is 0 Å². The molecular formula is C19H20N2O. The summed E-state index contributed by atoms with van der Waals surface area (Å²) >= 11 is 0. The second-order valence-corrected chi connectivity index (χ2v) is 6.32. The standard InChI is InChI=1S/C19H20N2O/c22-18(9-13-5-2-1-3-6-13)21-16-10-14-7-4-8-17-19(14)15(11-16)12-20-17/h1-8,15-16,20H,9-12H2,(H,21,22)/t15-,16-/m0/s1. The summed E-state index contributed by atoms with van der Waals surface area (Å²) in [7, 11) is 0. The van der Waals surface area contributed by atoms with E-state index < -0.39 is 0 Å². The van der Waals surface area contributed by atoms with Gasteiger partial charge in [-0.15, -0.1) is 0 Å². The summed E-state index contributed by atoms with van der Waals surface area (Å²) in [6.45, 7) is 0.997. The van der Waals surface area contributed by atoms with Crippen LogP contribution in [0.25, 0.3) is 0 Å². The highest BCUT2D eigenvalue weighted by Crippen LogP contribution is 2.41. The SMILES string of the molecule is O=C(Cc1ccccc1)N[C@H]1Cc2cccc3c2[C@H](CN3)C1. The molecule has 1 amide bonds. The molecule has 2 aromatic carbocycles. The molecule has 0 aromatic heterocycles. The minimum absolute atomic E-state index is 0.127. The van der Waals surface area contributed by atoms with E-state index in [0.717, 1.165) is 24.9 Å². The number of rotatable bonds is 3. The number of carbonyl (C=O) groups excluding carboxylic acids is 1. The molecule has 4 rings (SSSR count). The van der Waals surface area contributed by atoms with Crippen LogP contribution in [0.4, 0.5) is 5.69 Å². The molecule has 0 radical (unpaired) electrons. The van der Waals surface area contributed by atoms with Crippen molar-refractivity contribution in [2.24, 2.45) is 0 Å².